The van der Waals surface area contributed by atoms with Crippen molar-refractivity contribution in [3.05, 3.63) is 89.5 Å². The molecule has 4 heteroatoms. The lowest BCUT2D eigenvalue weighted by molar-refractivity contribution is 0.158. The third kappa shape index (κ3) is 3.44. The maximum atomic E-state index is 12.4. The van der Waals surface area contributed by atoms with Gasteiger partial charge in [0.25, 0.3) is 0 Å². The largest absolute Gasteiger partial charge is 0.448 e. The molecular weight excluding hydrogens is 338 g/mol. The molecule has 1 aliphatic rings. The first kappa shape index (κ1) is 17.3. The van der Waals surface area contributed by atoms with Gasteiger partial charge in [-0.3, -0.25) is 5.32 Å². The summed E-state index contributed by atoms with van der Waals surface area (Å²) in [6.07, 6.45) is 0.00192. The second kappa shape index (κ2) is 7.64. The fraction of sp³-hybridized carbons (Fsp3) is 0.174. The molecule has 3 aromatic carbocycles. The molecule has 0 fully saturated rings. The van der Waals surface area contributed by atoms with Crippen LogP contribution >= 0.6 is 0 Å². The maximum Gasteiger partial charge on any atom is 0.411 e. The second-order valence-electron chi connectivity index (χ2n) is 6.58. The zero-order chi connectivity index (χ0) is 18.6. The van der Waals surface area contributed by atoms with E-state index < -0.39 is 6.09 Å². The van der Waals surface area contributed by atoms with Gasteiger partial charge in [-0.15, -0.1) is 0 Å². The van der Waals surface area contributed by atoms with Gasteiger partial charge < -0.3 is 9.84 Å². The summed E-state index contributed by atoms with van der Waals surface area (Å²) in [7, 11) is 0. The molecule has 4 rings (SSSR count). The number of nitrogens with one attached hydrogen (secondary N) is 1. The van der Waals surface area contributed by atoms with Crippen molar-refractivity contribution >= 4 is 11.8 Å². The van der Waals surface area contributed by atoms with E-state index >= 15 is 0 Å². The summed E-state index contributed by atoms with van der Waals surface area (Å²) in [5.41, 5.74) is 6.34. The van der Waals surface area contributed by atoms with Crippen LogP contribution in [0.15, 0.2) is 72.8 Å². The molecule has 0 saturated carbocycles. The van der Waals surface area contributed by atoms with Crippen LogP contribution in [0.4, 0.5) is 10.5 Å². The third-order valence-electron chi connectivity index (χ3n) is 4.98. The number of hydrogen-bond donors (Lipinski definition) is 2. The van der Waals surface area contributed by atoms with E-state index in [-0.39, 0.29) is 19.1 Å². The molecule has 1 aliphatic carbocycles. The minimum Gasteiger partial charge on any atom is -0.448 e. The Bertz CT molecular complexity index is 922. The van der Waals surface area contributed by atoms with Crippen LogP contribution in [0.1, 0.15) is 22.6 Å². The van der Waals surface area contributed by atoms with Crippen LogP contribution in [-0.2, 0) is 11.2 Å². The Morgan fingerprint density at radius 2 is 1.48 bits per heavy atom. The van der Waals surface area contributed by atoms with Crippen LogP contribution in [0.2, 0.25) is 0 Å². The van der Waals surface area contributed by atoms with Crippen molar-refractivity contribution in [3.8, 4) is 11.1 Å². The predicted octanol–water partition coefficient (Wildman–Crippen LogP) is 4.58. The summed E-state index contributed by atoms with van der Waals surface area (Å²) in [6.45, 7) is 0.311. The molecule has 4 nitrogen and oxygen atoms in total. The summed E-state index contributed by atoms with van der Waals surface area (Å²) in [5, 5.41) is 12.0. The van der Waals surface area contributed by atoms with E-state index in [9.17, 15) is 4.79 Å². The second-order valence-corrected chi connectivity index (χ2v) is 6.58. The van der Waals surface area contributed by atoms with Crippen molar-refractivity contribution < 1.29 is 14.6 Å². The normalized spacial score (nSPS) is 12.3. The number of aliphatic hydroxyl groups excluding tert-OH is 1. The SMILES string of the molecule is O=C(Nc1ccccc1CCO)OCC1c2ccccc2-c2ccccc21. The minimum absolute atomic E-state index is 0.0311. The lowest BCUT2D eigenvalue weighted by Gasteiger charge is -2.15. The number of benzene rings is 3. The van der Waals surface area contributed by atoms with E-state index in [0.29, 0.717) is 12.1 Å². The van der Waals surface area contributed by atoms with Crippen LogP contribution in [0.25, 0.3) is 11.1 Å². The van der Waals surface area contributed by atoms with Crippen LogP contribution in [0, 0.1) is 0 Å². The highest BCUT2D eigenvalue weighted by atomic mass is 16.5. The molecular formula is C23H21NO3. The molecule has 0 atom stereocenters. The van der Waals surface area contributed by atoms with Gasteiger partial charge in [-0.2, -0.15) is 0 Å². The molecule has 2 N–H and O–H groups in total. The first-order chi connectivity index (χ1) is 13.3. The molecule has 0 saturated heterocycles. The van der Waals surface area contributed by atoms with Crippen molar-refractivity contribution in [2.75, 3.05) is 18.5 Å². The molecule has 0 spiro atoms. The van der Waals surface area contributed by atoms with Crippen LogP contribution in [0.5, 0.6) is 0 Å². The Morgan fingerprint density at radius 1 is 0.889 bits per heavy atom. The first-order valence-corrected chi connectivity index (χ1v) is 9.08. The predicted molar refractivity (Wildman–Crippen MR) is 106 cm³/mol. The van der Waals surface area contributed by atoms with Crippen molar-refractivity contribution in [2.45, 2.75) is 12.3 Å². The summed E-state index contributed by atoms with van der Waals surface area (Å²) >= 11 is 0. The number of fused-ring (bicyclic) bond motifs is 3. The Balaban J connectivity index is 1.49. The molecule has 27 heavy (non-hydrogen) atoms. The Labute approximate surface area is 158 Å². The number of carbonyl (C=O) groups is 1. The molecule has 0 aromatic heterocycles. The van der Waals surface area contributed by atoms with Gasteiger partial charge in [0.15, 0.2) is 0 Å². The van der Waals surface area contributed by atoms with Gasteiger partial charge in [0.2, 0.25) is 0 Å². The number of anilines is 1. The van der Waals surface area contributed by atoms with Gasteiger partial charge in [-0.1, -0.05) is 66.7 Å². The molecule has 0 bridgehead atoms. The number of hydrogen-bond acceptors (Lipinski definition) is 3. The highest BCUT2D eigenvalue weighted by Crippen LogP contribution is 2.44. The highest BCUT2D eigenvalue weighted by Gasteiger charge is 2.29. The third-order valence-corrected chi connectivity index (χ3v) is 4.98. The van der Waals surface area contributed by atoms with E-state index in [0.717, 1.165) is 5.56 Å². The smallest absolute Gasteiger partial charge is 0.411 e. The summed E-state index contributed by atoms with van der Waals surface area (Å²) in [4.78, 5) is 12.4. The van der Waals surface area contributed by atoms with Gasteiger partial charge >= 0.3 is 6.09 Å². The van der Waals surface area contributed by atoms with E-state index in [1.165, 1.54) is 22.3 Å². The van der Waals surface area contributed by atoms with E-state index in [1.54, 1.807) is 0 Å². The zero-order valence-corrected chi connectivity index (χ0v) is 14.9. The lowest BCUT2D eigenvalue weighted by Crippen LogP contribution is -2.18. The fourth-order valence-corrected chi connectivity index (χ4v) is 3.73. The lowest BCUT2D eigenvalue weighted by atomic mass is 9.98. The van der Waals surface area contributed by atoms with Gasteiger partial charge in [0.1, 0.15) is 6.61 Å². The molecule has 1 amide bonds. The summed E-state index contributed by atoms with van der Waals surface area (Å²) < 4.78 is 5.56. The van der Waals surface area contributed by atoms with Crippen LogP contribution < -0.4 is 5.32 Å². The van der Waals surface area contributed by atoms with Gasteiger partial charge in [-0.25, -0.2) is 4.79 Å². The van der Waals surface area contributed by atoms with Crippen LogP contribution in [0.3, 0.4) is 0 Å². The van der Waals surface area contributed by atoms with Gasteiger partial charge in [0, 0.05) is 18.2 Å². The Hall–Kier alpha value is -3.11. The highest BCUT2D eigenvalue weighted by molar-refractivity contribution is 5.86. The van der Waals surface area contributed by atoms with Crippen LogP contribution in [-0.4, -0.2) is 24.4 Å². The average Bonchev–Trinajstić information content (AvgIpc) is 3.02. The molecule has 3 aromatic rings. The molecule has 0 heterocycles. The Kier molecular flexibility index (Phi) is 4.90. The van der Waals surface area contributed by atoms with E-state index in [4.69, 9.17) is 9.84 Å². The van der Waals surface area contributed by atoms with Gasteiger partial charge in [0.05, 0.1) is 0 Å². The minimum atomic E-state index is -0.484. The van der Waals surface area contributed by atoms with Crippen molar-refractivity contribution in [3.63, 3.8) is 0 Å². The zero-order valence-electron chi connectivity index (χ0n) is 14.9. The fourth-order valence-electron chi connectivity index (χ4n) is 3.73. The molecule has 0 radical (unpaired) electrons. The number of ether oxygens (including phenoxy) is 1. The number of carbonyl (C=O) groups excluding carboxylic acids is 1. The van der Waals surface area contributed by atoms with E-state index in [2.05, 4.69) is 29.6 Å². The number of aliphatic hydroxyl groups is 1. The molecule has 0 unspecified atom stereocenters. The standard InChI is InChI=1S/C23H21NO3/c25-14-13-16-7-1-6-12-22(16)24-23(26)27-15-21-19-10-4-2-8-17(19)18-9-3-5-11-20(18)21/h1-12,21,25H,13-15H2,(H,24,26). The molecule has 136 valence electrons. The van der Waals surface area contributed by atoms with Crippen molar-refractivity contribution in [2.24, 2.45) is 0 Å². The topological polar surface area (TPSA) is 58.6 Å². The van der Waals surface area contributed by atoms with Crippen molar-refractivity contribution in [1.82, 2.24) is 0 Å². The number of rotatable bonds is 5. The quantitative estimate of drug-likeness (QED) is 0.701. The maximum absolute atomic E-state index is 12.4. The van der Waals surface area contributed by atoms with Gasteiger partial charge in [-0.05, 0) is 40.3 Å². The van der Waals surface area contributed by atoms with E-state index in [1.807, 2.05) is 48.5 Å². The van der Waals surface area contributed by atoms with Crippen molar-refractivity contribution in [1.29, 1.82) is 0 Å². The number of amides is 1. The molecule has 0 aliphatic heterocycles. The summed E-state index contributed by atoms with van der Waals surface area (Å²) in [6, 6.07) is 23.9. The Morgan fingerprint density at radius 3 is 2.15 bits per heavy atom. The summed E-state index contributed by atoms with van der Waals surface area (Å²) in [5.74, 6) is 0.0378. The first-order valence-electron chi connectivity index (χ1n) is 9.08. The number of para-hydroxylation sites is 1. The monoisotopic (exact) mass is 359 g/mol. The average molecular weight is 359 g/mol.